The van der Waals surface area contributed by atoms with E-state index in [1.165, 1.54) is 14.8 Å². The molecule has 0 bridgehead atoms. The molecule has 4 rings (SSSR count). The number of aromatic nitrogens is 1. The summed E-state index contributed by atoms with van der Waals surface area (Å²) in [5.74, 6) is 0.859. The van der Waals surface area contributed by atoms with Gasteiger partial charge in [-0.3, -0.25) is 0 Å². The molecule has 0 aliphatic carbocycles. The molecule has 0 aliphatic heterocycles. The van der Waals surface area contributed by atoms with Gasteiger partial charge in [0, 0.05) is 10.1 Å². The van der Waals surface area contributed by atoms with E-state index >= 15 is 0 Å². The normalized spacial score (nSPS) is 11.7. The number of hydrogen-bond acceptors (Lipinski definition) is 2. The summed E-state index contributed by atoms with van der Waals surface area (Å²) in [5, 5.41) is 3.03. The Morgan fingerprint density at radius 3 is 2.79 bits per heavy atom. The Balaban J connectivity index is 2.30. The maximum absolute atomic E-state index is 6.28. The van der Waals surface area contributed by atoms with Crippen molar-refractivity contribution < 1.29 is 4.74 Å². The van der Waals surface area contributed by atoms with Crippen molar-refractivity contribution in [3.63, 3.8) is 0 Å². The number of hydrogen-bond donors (Lipinski definition) is 1. The van der Waals surface area contributed by atoms with Gasteiger partial charge < -0.3 is 9.72 Å². The minimum absolute atomic E-state index is 0.725. The van der Waals surface area contributed by atoms with Crippen molar-refractivity contribution in [1.82, 2.24) is 4.98 Å². The van der Waals surface area contributed by atoms with E-state index in [0.29, 0.717) is 0 Å². The number of rotatable bonds is 1. The van der Waals surface area contributed by atoms with Crippen LogP contribution < -0.4 is 4.74 Å². The first-order valence-corrected chi connectivity index (χ1v) is 7.14. The Kier molecular flexibility index (Phi) is 2.28. The van der Waals surface area contributed by atoms with Crippen molar-refractivity contribution in [2.24, 2.45) is 0 Å². The molecule has 2 aromatic heterocycles. The lowest BCUT2D eigenvalue weighted by Gasteiger charge is -2.02. The number of fused-ring (bicyclic) bond motifs is 5. The lowest BCUT2D eigenvalue weighted by molar-refractivity contribution is 0.420. The van der Waals surface area contributed by atoms with Crippen molar-refractivity contribution in [1.29, 1.82) is 0 Å². The summed E-state index contributed by atoms with van der Waals surface area (Å²) >= 11 is 8.05. The average molecular weight is 288 g/mol. The third-order valence-electron chi connectivity index (χ3n) is 3.41. The number of H-pyrrole nitrogens is 1. The van der Waals surface area contributed by atoms with Crippen LogP contribution in [0.1, 0.15) is 0 Å². The fraction of sp³-hybridized carbons (Fsp3) is 0.0667. The van der Waals surface area contributed by atoms with E-state index in [-0.39, 0.29) is 0 Å². The highest BCUT2D eigenvalue weighted by Crippen LogP contribution is 2.43. The monoisotopic (exact) mass is 287 g/mol. The topological polar surface area (TPSA) is 25.0 Å². The number of nitrogens with one attached hydrogen (secondary N) is 1. The Hall–Kier alpha value is -1.71. The fourth-order valence-corrected chi connectivity index (χ4v) is 3.97. The van der Waals surface area contributed by atoms with Crippen LogP contribution in [0.15, 0.2) is 36.4 Å². The zero-order valence-corrected chi connectivity index (χ0v) is 11.7. The summed E-state index contributed by atoms with van der Waals surface area (Å²) in [6.07, 6.45) is 0. The van der Waals surface area contributed by atoms with Gasteiger partial charge in [0.2, 0.25) is 0 Å². The van der Waals surface area contributed by atoms with Crippen LogP contribution in [0.4, 0.5) is 0 Å². The highest BCUT2D eigenvalue weighted by molar-refractivity contribution is 7.26. The van der Waals surface area contributed by atoms with Gasteiger partial charge in [-0.1, -0.05) is 29.8 Å². The van der Waals surface area contributed by atoms with Gasteiger partial charge in [-0.2, -0.15) is 0 Å². The van der Waals surface area contributed by atoms with Crippen LogP contribution in [0, 0.1) is 0 Å². The van der Waals surface area contributed by atoms with Crippen molar-refractivity contribution in [2.45, 2.75) is 0 Å². The summed E-state index contributed by atoms with van der Waals surface area (Å²) in [6, 6.07) is 12.2. The van der Waals surface area contributed by atoms with Crippen LogP contribution in [0.5, 0.6) is 5.75 Å². The molecule has 2 heterocycles. The first kappa shape index (κ1) is 11.1. The standard InChI is InChI=1S/C15H10ClNOS/c1-18-10-7-6-9(16)14-12(10)15-13(17-14)8-4-2-3-5-11(8)19-15/h2-7,17H,1H3. The van der Waals surface area contributed by atoms with Crippen molar-refractivity contribution in [2.75, 3.05) is 7.11 Å². The Morgan fingerprint density at radius 1 is 1.11 bits per heavy atom. The number of aromatic amines is 1. The number of methoxy groups -OCH3 is 1. The molecule has 0 saturated heterocycles. The molecule has 4 aromatic rings. The summed E-state index contributed by atoms with van der Waals surface area (Å²) < 4.78 is 7.95. The van der Waals surface area contributed by atoms with Crippen molar-refractivity contribution in [3.8, 4) is 5.75 Å². The summed E-state index contributed by atoms with van der Waals surface area (Å²) in [4.78, 5) is 3.44. The molecule has 19 heavy (non-hydrogen) atoms. The average Bonchev–Trinajstić information content (AvgIpc) is 2.96. The molecule has 0 radical (unpaired) electrons. The maximum Gasteiger partial charge on any atom is 0.129 e. The molecule has 0 unspecified atom stereocenters. The molecule has 1 N–H and O–H groups in total. The van der Waals surface area contributed by atoms with Gasteiger partial charge in [0.15, 0.2) is 0 Å². The van der Waals surface area contributed by atoms with Gasteiger partial charge in [0.1, 0.15) is 5.75 Å². The van der Waals surface area contributed by atoms with Gasteiger partial charge >= 0.3 is 0 Å². The molecule has 0 saturated carbocycles. The highest BCUT2D eigenvalue weighted by Gasteiger charge is 2.16. The predicted molar refractivity (Wildman–Crippen MR) is 82.7 cm³/mol. The summed E-state index contributed by atoms with van der Waals surface area (Å²) in [6.45, 7) is 0. The van der Waals surface area contributed by atoms with Gasteiger partial charge in [0.25, 0.3) is 0 Å². The van der Waals surface area contributed by atoms with Gasteiger partial charge in [0.05, 0.1) is 33.3 Å². The molecular formula is C15H10ClNOS. The molecule has 0 amide bonds. The van der Waals surface area contributed by atoms with Crippen molar-refractivity contribution >= 4 is 54.1 Å². The van der Waals surface area contributed by atoms with E-state index in [0.717, 1.165) is 27.2 Å². The summed E-state index contributed by atoms with van der Waals surface area (Å²) in [5.41, 5.74) is 2.09. The second-order valence-electron chi connectivity index (χ2n) is 4.43. The SMILES string of the molecule is COc1ccc(Cl)c2[nH]c3c4ccccc4sc3c12. The molecule has 0 spiro atoms. The van der Waals surface area contributed by atoms with Crippen LogP contribution >= 0.6 is 22.9 Å². The van der Waals surface area contributed by atoms with E-state index in [9.17, 15) is 0 Å². The van der Waals surface area contributed by atoms with Crippen LogP contribution in [-0.4, -0.2) is 12.1 Å². The maximum atomic E-state index is 6.28. The van der Waals surface area contributed by atoms with Crippen molar-refractivity contribution in [3.05, 3.63) is 41.4 Å². The lowest BCUT2D eigenvalue weighted by atomic mass is 10.2. The van der Waals surface area contributed by atoms with E-state index in [4.69, 9.17) is 16.3 Å². The second-order valence-corrected chi connectivity index (χ2v) is 5.89. The number of ether oxygens (including phenoxy) is 1. The van der Waals surface area contributed by atoms with Gasteiger partial charge in [-0.15, -0.1) is 11.3 Å². The lowest BCUT2D eigenvalue weighted by Crippen LogP contribution is -1.83. The number of halogens is 1. The van der Waals surface area contributed by atoms with Gasteiger partial charge in [-0.25, -0.2) is 0 Å². The smallest absolute Gasteiger partial charge is 0.129 e. The zero-order valence-electron chi connectivity index (χ0n) is 10.2. The van der Waals surface area contributed by atoms with E-state index < -0.39 is 0 Å². The van der Waals surface area contributed by atoms with Crippen LogP contribution in [0.3, 0.4) is 0 Å². The Bertz CT molecular complexity index is 922. The quantitative estimate of drug-likeness (QED) is 0.511. The van der Waals surface area contributed by atoms with Crippen LogP contribution in [-0.2, 0) is 0 Å². The highest BCUT2D eigenvalue weighted by atomic mass is 35.5. The fourth-order valence-electron chi connectivity index (χ4n) is 2.55. The molecule has 2 nitrogen and oxygen atoms in total. The molecule has 0 atom stereocenters. The van der Waals surface area contributed by atoms with E-state index in [1.807, 2.05) is 12.1 Å². The minimum atomic E-state index is 0.725. The molecule has 94 valence electrons. The predicted octanol–water partition coefficient (Wildman–Crippen LogP) is 5.20. The minimum Gasteiger partial charge on any atom is -0.496 e. The van der Waals surface area contributed by atoms with E-state index in [2.05, 4.69) is 29.2 Å². The number of benzene rings is 2. The molecule has 0 aliphatic rings. The van der Waals surface area contributed by atoms with Crippen LogP contribution in [0.2, 0.25) is 5.02 Å². The first-order valence-electron chi connectivity index (χ1n) is 5.95. The zero-order chi connectivity index (χ0) is 13.0. The number of thiophene rings is 1. The largest absolute Gasteiger partial charge is 0.496 e. The van der Waals surface area contributed by atoms with Crippen LogP contribution in [0.25, 0.3) is 31.2 Å². The first-order chi connectivity index (χ1) is 9.29. The Morgan fingerprint density at radius 2 is 1.95 bits per heavy atom. The third kappa shape index (κ3) is 1.43. The summed E-state index contributed by atoms with van der Waals surface area (Å²) in [7, 11) is 1.69. The Labute approximate surface area is 118 Å². The van der Waals surface area contributed by atoms with E-state index in [1.54, 1.807) is 18.4 Å². The second kappa shape index (κ2) is 3.89. The molecule has 2 aromatic carbocycles. The molecule has 4 heteroatoms. The van der Waals surface area contributed by atoms with Gasteiger partial charge in [-0.05, 0) is 18.2 Å². The third-order valence-corrected chi connectivity index (χ3v) is 4.91. The molecule has 0 fully saturated rings. The molecular weight excluding hydrogens is 278 g/mol.